The number of nitrogens with one attached hydrogen (secondary N) is 1. The molecular formula is C14H17ClFN3. The minimum Gasteiger partial charge on any atom is -0.378 e. The quantitative estimate of drug-likeness (QED) is 0.920. The van der Waals surface area contributed by atoms with Crippen molar-refractivity contribution in [3.8, 4) is 0 Å². The van der Waals surface area contributed by atoms with Crippen molar-refractivity contribution in [2.45, 2.75) is 32.9 Å². The highest BCUT2D eigenvalue weighted by atomic mass is 35.5. The van der Waals surface area contributed by atoms with Gasteiger partial charge in [-0.05, 0) is 32.9 Å². The van der Waals surface area contributed by atoms with E-state index in [1.54, 1.807) is 18.3 Å². The molecule has 0 bridgehead atoms. The van der Waals surface area contributed by atoms with E-state index in [0.717, 1.165) is 5.56 Å². The molecule has 102 valence electrons. The lowest BCUT2D eigenvalue weighted by molar-refractivity contribution is 0.355. The maximum Gasteiger partial charge on any atom is 0.164 e. The lowest BCUT2D eigenvalue weighted by Gasteiger charge is -2.18. The maximum absolute atomic E-state index is 13.7. The van der Waals surface area contributed by atoms with E-state index in [4.69, 9.17) is 11.6 Å². The predicted molar refractivity (Wildman–Crippen MR) is 76.0 cm³/mol. The van der Waals surface area contributed by atoms with E-state index >= 15 is 0 Å². The van der Waals surface area contributed by atoms with Crippen LogP contribution in [0.25, 0.3) is 0 Å². The van der Waals surface area contributed by atoms with Gasteiger partial charge in [-0.15, -0.1) is 0 Å². The van der Waals surface area contributed by atoms with E-state index in [2.05, 4.69) is 31.2 Å². The Morgan fingerprint density at radius 1 is 1.37 bits per heavy atom. The molecule has 0 radical (unpaired) electrons. The summed E-state index contributed by atoms with van der Waals surface area (Å²) in [5.41, 5.74) is 1.34. The molecule has 1 aromatic heterocycles. The van der Waals surface area contributed by atoms with Gasteiger partial charge in [0, 0.05) is 18.3 Å². The van der Waals surface area contributed by atoms with Crippen LogP contribution < -0.4 is 5.32 Å². The molecule has 5 heteroatoms. The number of rotatable bonds is 3. The highest BCUT2D eigenvalue weighted by Gasteiger charge is 2.14. The van der Waals surface area contributed by atoms with Crippen LogP contribution in [0.4, 0.5) is 10.1 Å². The summed E-state index contributed by atoms with van der Waals surface area (Å²) in [5.74, 6) is -0.424. The summed E-state index contributed by atoms with van der Waals surface area (Å²) in [5, 5.41) is 7.44. The van der Waals surface area contributed by atoms with Gasteiger partial charge in [-0.1, -0.05) is 17.7 Å². The number of hydrogen-bond acceptors (Lipinski definition) is 2. The molecule has 0 amide bonds. The summed E-state index contributed by atoms with van der Waals surface area (Å²) in [7, 11) is 0. The summed E-state index contributed by atoms with van der Waals surface area (Å²) < 4.78 is 15.6. The molecule has 0 unspecified atom stereocenters. The van der Waals surface area contributed by atoms with Crippen LogP contribution in [0.2, 0.25) is 5.02 Å². The van der Waals surface area contributed by atoms with Gasteiger partial charge in [-0.3, -0.25) is 4.68 Å². The van der Waals surface area contributed by atoms with Crippen molar-refractivity contribution in [2.24, 2.45) is 0 Å². The summed E-state index contributed by atoms with van der Waals surface area (Å²) in [6, 6.07) is 4.90. The fraction of sp³-hybridized carbons (Fsp3) is 0.357. The smallest absolute Gasteiger partial charge is 0.164 e. The number of hydrogen-bond donors (Lipinski definition) is 1. The van der Waals surface area contributed by atoms with Crippen molar-refractivity contribution in [3.05, 3.63) is 47.0 Å². The van der Waals surface area contributed by atoms with Gasteiger partial charge < -0.3 is 5.32 Å². The fourth-order valence-corrected chi connectivity index (χ4v) is 1.83. The average Bonchev–Trinajstić information content (AvgIpc) is 2.79. The van der Waals surface area contributed by atoms with E-state index in [1.165, 1.54) is 6.07 Å². The Hall–Kier alpha value is -1.55. The average molecular weight is 282 g/mol. The number of halogens is 2. The zero-order valence-corrected chi connectivity index (χ0v) is 12.0. The molecule has 0 aliphatic rings. The third-order valence-electron chi connectivity index (χ3n) is 2.76. The minimum absolute atomic E-state index is 0.0560. The minimum atomic E-state index is -0.424. The third-order valence-corrected chi connectivity index (χ3v) is 3.05. The van der Waals surface area contributed by atoms with Crippen molar-refractivity contribution in [3.63, 3.8) is 0 Å². The van der Waals surface area contributed by atoms with E-state index in [-0.39, 0.29) is 10.6 Å². The van der Waals surface area contributed by atoms with Gasteiger partial charge in [-0.25, -0.2) is 4.39 Å². The Bertz CT molecular complexity index is 572. The second-order valence-corrected chi connectivity index (χ2v) is 5.83. The summed E-state index contributed by atoms with van der Waals surface area (Å²) in [4.78, 5) is 0. The molecule has 0 aliphatic heterocycles. The van der Waals surface area contributed by atoms with E-state index in [1.807, 2.05) is 10.9 Å². The van der Waals surface area contributed by atoms with E-state index in [9.17, 15) is 4.39 Å². The van der Waals surface area contributed by atoms with Crippen LogP contribution >= 0.6 is 11.6 Å². The molecule has 3 nitrogen and oxygen atoms in total. The molecule has 0 fully saturated rings. The van der Waals surface area contributed by atoms with Crippen LogP contribution in [0.1, 0.15) is 26.3 Å². The van der Waals surface area contributed by atoms with Gasteiger partial charge in [-0.2, -0.15) is 5.10 Å². The molecule has 1 N–H and O–H groups in total. The molecule has 1 aromatic carbocycles. The Kier molecular flexibility index (Phi) is 3.80. The number of benzene rings is 1. The normalized spacial score (nSPS) is 11.6. The number of anilines is 1. The summed E-state index contributed by atoms with van der Waals surface area (Å²) >= 11 is 5.73. The Morgan fingerprint density at radius 2 is 2.11 bits per heavy atom. The molecule has 2 rings (SSSR count). The van der Waals surface area contributed by atoms with Crippen LogP contribution in [-0.4, -0.2) is 9.78 Å². The van der Waals surface area contributed by atoms with Crippen molar-refractivity contribution in [2.75, 3.05) is 5.32 Å². The second-order valence-electron chi connectivity index (χ2n) is 5.42. The van der Waals surface area contributed by atoms with Crippen LogP contribution in [0.15, 0.2) is 30.6 Å². The Labute approximate surface area is 117 Å². The highest BCUT2D eigenvalue weighted by molar-refractivity contribution is 6.31. The predicted octanol–water partition coefficient (Wildman–Crippen LogP) is 4.04. The van der Waals surface area contributed by atoms with Crippen LogP contribution in [0, 0.1) is 5.82 Å². The van der Waals surface area contributed by atoms with Crippen molar-refractivity contribution < 1.29 is 4.39 Å². The molecular weight excluding hydrogens is 265 g/mol. The van der Waals surface area contributed by atoms with Crippen LogP contribution in [0.3, 0.4) is 0 Å². The number of nitrogens with zero attached hydrogens (tertiary/aromatic N) is 2. The summed E-state index contributed by atoms with van der Waals surface area (Å²) in [6.45, 7) is 6.74. The van der Waals surface area contributed by atoms with Gasteiger partial charge in [0.1, 0.15) is 0 Å². The van der Waals surface area contributed by atoms with Gasteiger partial charge in [0.2, 0.25) is 0 Å². The molecule has 0 saturated heterocycles. The SMILES string of the molecule is CC(C)(C)n1cc(CNc2cccc(Cl)c2F)cn1. The van der Waals surface area contributed by atoms with Gasteiger partial charge in [0.05, 0.1) is 22.4 Å². The molecule has 0 atom stereocenters. The lowest BCUT2D eigenvalue weighted by Crippen LogP contribution is -2.21. The largest absolute Gasteiger partial charge is 0.378 e. The second kappa shape index (κ2) is 5.21. The first-order chi connectivity index (χ1) is 8.88. The van der Waals surface area contributed by atoms with Gasteiger partial charge in [0.15, 0.2) is 5.82 Å². The molecule has 19 heavy (non-hydrogen) atoms. The van der Waals surface area contributed by atoms with Gasteiger partial charge >= 0.3 is 0 Å². The standard InChI is InChI=1S/C14H17ClFN3/c1-14(2,3)19-9-10(8-18-19)7-17-12-6-4-5-11(15)13(12)16/h4-6,8-9,17H,7H2,1-3H3. The Balaban J connectivity index is 2.07. The highest BCUT2D eigenvalue weighted by Crippen LogP contribution is 2.22. The van der Waals surface area contributed by atoms with Crippen molar-refractivity contribution >= 4 is 17.3 Å². The Morgan fingerprint density at radius 3 is 2.74 bits per heavy atom. The summed E-state index contributed by atoms with van der Waals surface area (Å²) in [6.07, 6.45) is 3.73. The monoisotopic (exact) mass is 281 g/mol. The van der Waals surface area contributed by atoms with Crippen molar-refractivity contribution in [1.29, 1.82) is 0 Å². The number of aromatic nitrogens is 2. The van der Waals surface area contributed by atoms with Crippen LogP contribution in [0.5, 0.6) is 0 Å². The van der Waals surface area contributed by atoms with E-state index < -0.39 is 5.82 Å². The topological polar surface area (TPSA) is 29.9 Å². The fourth-order valence-electron chi connectivity index (χ4n) is 1.66. The first-order valence-corrected chi connectivity index (χ1v) is 6.47. The van der Waals surface area contributed by atoms with Crippen molar-refractivity contribution in [1.82, 2.24) is 9.78 Å². The molecule has 0 saturated carbocycles. The lowest BCUT2D eigenvalue weighted by atomic mass is 10.1. The first kappa shape index (κ1) is 13.9. The third kappa shape index (κ3) is 3.26. The van der Waals surface area contributed by atoms with Crippen LogP contribution in [-0.2, 0) is 12.1 Å². The molecule has 0 spiro atoms. The van der Waals surface area contributed by atoms with Gasteiger partial charge in [0.25, 0.3) is 0 Å². The molecule has 0 aliphatic carbocycles. The molecule has 1 heterocycles. The molecule has 2 aromatic rings. The first-order valence-electron chi connectivity index (χ1n) is 6.10. The zero-order chi connectivity index (χ0) is 14.0. The maximum atomic E-state index is 13.7. The van der Waals surface area contributed by atoms with E-state index in [0.29, 0.717) is 12.2 Å². The zero-order valence-electron chi connectivity index (χ0n) is 11.2.